The summed E-state index contributed by atoms with van der Waals surface area (Å²) in [6.45, 7) is 6.63. The van der Waals surface area contributed by atoms with Gasteiger partial charge in [0.25, 0.3) is 0 Å². The summed E-state index contributed by atoms with van der Waals surface area (Å²) in [5.74, 6) is 0.904. The summed E-state index contributed by atoms with van der Waals surface area (Å²) in [7, 11) is 2.28. The molecule has 0 bridgehead atoms. The number of hydrogen-bond acceptors (Lipinski definition) is 2. The van der Waals surface area contributed by atoms with Crippen LogP contribution in [-0.4, -0.2) is 30.6 Å². The summed E-state index contributed by atoms with van der Waals surface area (Å²) >= 11 is 0. The highest BCUT2D eigenvalue weighted by Crippen LogP contribution is 2.37. The third kappa shape index (κ3) is 3.21. The smallest absolute Gasteiger partial charge is 0.0331 e. The maximum absolute atomic E-state index is 6.09. The monoisotopic (exact) mass is 226 g/mol. The lowest BCUT2D eigenvalue weighted by atomic mass is 9.73. The Morgan fingerprint density at radius 2 is 2.12 bits per heavy atom. The quantitative estimate of drug-likeness (QED) is 0.754. The molecule has 1 saturated carbocycles. The molecular weight excluding hydrogens is 196 g/mol. The number of hydrogen-bond donors (Lipinski definition) is 1. The minimum absolute atomic E-state index is 0.314. The third-order valence-corrected chi connectivity index (χ3v) is 4.54. The average Bonchev–Trinajstić information content (AvgIpc) is 2.35. The molecule has 1 aliphatic carbocycles. The minimum atomic E-state index is 0.314. The summed E-state index contributed by atoms with van der Waals surface area (Å²) in [6, 6.07) is 0. The second-order valence-electron chi connectivity index (χ2n) is 5.57. The fourth-order valence-corrected chi connectivity index (χ4v) is 3.13. The van der Waals surface area contributed by atoms with E-state index in [9.17, 15) is 0 Å². The van der Waals surface area contributed by atoms with Crippen molar-refractivity contribution >= 4 is 0 Å². The van der Waals surface area contributed by atoms with E-state index in [-0.39, 0.29) is 0 Å². The molecule has 0 aromatic heterocycles. The molecule has 0 radical (unpaired) electrons. The minimum Gasteiger partial charge on any atom is -0.329 e. The molecule has 0 aromatic rings. The van der Waals surface area contributed by atoms with Crippen LogP contribution >= 0.6 is 0 Å². The van der Waals surface area contributed by atoms with Gasteiger partial charge in [-0.25, -0.2) is 0 Å². The molecule has 2 N–H and O–H groups in total. The Balaban J connectivity index is 2.60. The molecule has 0 aliphatic heterocycles. The van der Waals surface area contributed by atoms with Crippen LogP contribution in [0.3, 0.4) is 0 Å². The normalized spacial score (nSPS) is 30.9. The van der Waals surface area contributed by atoms with E-state index < -0.39 is 0 Å². The van der Waals surface area contributed by atoms with Crippen molar-refractivity contribution in [3.05, 3.63) is 0 Å². The van der Waals surface area contributed by atoms with Crippen molar-refractivity contribution in [3.8, 4) is 0 Å². The van der Waals surface area contributed by atoms with Crippen molar-refractivity contribution in [1.29, 1.82) is 0 Å². The van der Waals surface area contributed by atoms with Crippen molar-refractivity contribution in [2.24, 2.45) is 11.7 Å². The van der Waals surface area contributed by atoms with E-state index in [0.29, 0.717) is 5.54 Å². The molecule has 2 unspecified atom stereocenters. The van der Waals surface area contributed by atoms with Gasteiger partial charge >= 0.3 is 0 Å². The molecule has 96 valence electrons. The Hall–Kier alpha value is -0.0800. The lowest BCUT2D eigenvalue weighted by molar-refractivity contribution is 0.0554. The average molecular weight is 226 g/mol. The molecule has 0 spiro atoms. The van der Waals surface area contributed by atoms with Crippen LogP contribution in [-0.2, 0) is 0 Å². The molecule has 2 nitrogen and oxygen atoms in total. The van der Waals surface area contributed by atoms with Crippen LogP contribution in [0, 0.1) is 5.92 Å². The maximum Gasteiger partial charge on any atom is 0.0331 e. The molecule has 1 aliphatic rings. The number of unbranched alkanes of at least 4 members (excludes halogenated alkanes) is 1. The van der Waals surface area contributed by atoms with Gasteiger partial charge in [-0.2, -0.15) is 0 Å². The van der Waals surface area contributed by atoms with Crippen molar-refractivity contribution in [1.82, 2.24) is 4.90 Å². The highest BCUT2D eigenvalue weighted by Gasteiger charge is 2.37. The zero-order valence-electron chi connectivity index (χ0n) is 11.5. The van der Waals surface area contributed by atoms with Gasteiger partial charge in [-0.05, 0) is 38.8 Å². The van der Waals surface area contributed by atoms with Gasteiger partial charge in [0.2, 0.25) is 0 Å². The third-order valence-electron chi connectivity index (χ3n) is 4.54. The van der Waals surface area contributed by atoms with Crippen molar-refractivity contribution < 1.29 is 0 Å². The number of rotatable bonds is 6. The standard InChI is InChI=1S/C14H30N2/c1-4-6-10-16(3)14(12-15)9-7-8-13(5-2)11-14/h13H,4-12,15H2,1-3H3. The Labute approximate surface area is 102 Å². The first-order valence-corrected chi connectivity index (χ1v) is 7.09. The summed E-state index contributed by atoms with van der Waals surface area (Å²) in [5.41, 5.74) is 6.40. The van der Waals surface area contributed by atoms with E-state index in [1.807, 2.05) is 0 Å². The summed E-state index contributed by atoms with van der Waals surface area (Å²) in [6.07, 6.45) is 9.31. The predicted octanol–water partition coefficient (Wildman–Crippen LogP) is 3.02. The molecule has 2 atom stereocenters. The van der Waals surface area contributed by atoms with E-state index >= 15 is 0 Å². The predicted molar refractivity (Wildman–Crippen MR) is 71.6 cm³/mol. The van der Waals surface area contributed by atoms with Crippen LogP contribution in [0.5, 0.6) is 0 Å². The van der Waals surface area contributed by atoms with Crippen molar-refractivity contribution in [3.63, 3.8) is 0 Å². The lowest BCUT2D eigenvalue weighted by Crippen LogP contribution is -2.55. The highest BCUT2D eigenvalue weighted by molar-refractivity contribution is 4.95. The first-order valence-electron chi connectivity index (χ1n) is 7.09. The Morgan fingerprint density at radius 1 is 1.38 bits per heavy atom. The van der Waals surface area contributed by atoms with Crippen LogP contribution in [0.2, 0.25) is 0 Å². The molecule has 16 heavy (non-hydrogen) atoms. The second kappa shape index (κ2) is 6.61. The number of nitrogens with zero attached hydrogens (tertiary/aromatic N) is 1. The van der Waals surface area contributed by atoms with Crippen LogP contribution in [0.4, 0.5) is 0 Å². The molecule has 2 heteroatoms. The number of nitrogens with two attached hydrogens (primary N) is 1. The molecule has 0 aromatic carbocycles. The first kappa shape index (κ1) is 14.0. The summed E-state index contributed by atoms with van der Waals surface area (Å²) < 4.78 is 0. The zero-order valence-corrected chi connectivity index (χ0v) is 11.5. The Kier molecular flexibility index (Phi) is 5.77. The summed E-state index contributed by atoms with van der Waals surface area (Å²) in [5, 5.41) is 0. The van der Waals surface area contributed by atoms with Gasteiger partial charge in [-0.15, -0.1) is 0 Å². The van der Waals surface area contributed by atoms with Gasteiger partial charge in [0.15, 0.2) is 0 Å². The largest absolute Gasteiger partial charge is 0.329 e. The fourth-order valence-electron chi connectivity index (χ4n) is 3.13. The molecule has 1 rings (SSSR count). The first-order chi connectivity index (χ1) is 7.68. The van der Waals surface area contributed by atoms with E-state index in [2.05, 4.69) is 25.8 Å². The fraction of sp³-hybridized carbons (Fsp3) is 1.00. The maximum atomic E-state index is 6.09. The van der Waals surface area contributed by atoms with Crippen LogP contribution in [0.25, 0.3) is 0 Å². The number of likely N-dealkylation sites (N-methyl/N-ethyl adjacent to an activating group) is 1. The van der Waals surface area contributed by atoms with Gasteiger partial charge in [0.05, 0.1) is 0 Å². The second-order valence-corrected chi connectivity index (χ2v) is 5.57. The summed E-state index contributed by atoms with van der Waals surface area (Å²) in [4.78, 5) is 2.55. The van der Waals surface area contributed by atoms with Crippen LogP contribution in [0.1, 0.15) is 58.8 Å². The molecule has 1 fully saturated rings. The van der Waals surface area contributed by atoms with Gasteiger partial charge in [0, 0.05) is 12.1 Å². The lowest BCUT2D eigenvalue weighted by Gasteiger charge is -2.46. The van der Waals surface area contributed by atoms with Gasteiger partial charge in [-0.3, -0.25) is 4.90 Å². The topological polar surface area (TPSA) is 29.3 Å². The molecule has 0 saturated heterocycles. The molecule has 0 heterocycles. The van der Waals surface area contributed by atoms with Crippen molar-refractivity contribution in [2.45, 2.75) is 64.3 Å². The zero-order chi connectivity index (χ0) is 12.0. The Morgan fingerprint density at radius 3 is 2.69 bits per heavy atom. The van der Waals surface area contributed by atoms with Crippen LogP contribution in [0.15, 0.2) is 0 Å². The SMILES string of the molecule is CCCCN(C)C1(CN)CCCC(CC)C1. The van der Waals surface area contributed by atoms with E-state index in [4.69, 9.17) is 5.73 Å². The van der Waals surface area contributed by atoms with E-state index in [1.165, 1.54) is 51.5 Å². The van der Waals surface area contributed by atoms with Gasteiger partial charge < -0.3 is 5.73 Å². The molecular formula is C14H30N2. The van der Waals surface area contributed by atoms with Crippen molar-refractivity contribution in [2.75, 3.05) is 20.1 Å². The van der Waals surface area contributed by atoms with Gasteiger partial charge in [-0.1, -0.05) is 39.5 Å². The van der Waals surface area contributed by atoms with Gasteiger partial charge in [0.1, 0.15) is 0 Å². The van der Waals surface area contributed by atoms with Crippen LogP contribution < -0.4 is 5.73 Å². The van der Waals surface area contributed by atoms with E-state index in [1.54, 1.807) is 0 Å². The molecule has 0 amide bonds. The highest BCUT2D eigenvalue weighted by atomic mass is 15.2. The van der Waals surface area contributed by atoms with E-state index in [0.717, 1.165) is 12.5 Å². The Bertz CT molecular complexity index is 193.